The highest BCUT2D eigenvalue weighted by Gasteiger charge is 2.10. The Hall–Kier alpha value is -2.15. The summed E-state index contributed by atoms with van der Waals surface area (Å²) in [6, 6.07) is 4.21. The van der Waals surface area contributed by atoms with Crippen LogP contribution in [-0.2, 0) is 6.54 Å². The van der Waals surface area contributed by atoms with Crippen LogP contribution in [0.1, 0.15) is 5.56 Å². The quantitative estimate of drug-likeness (QED) is 0.507. The zero-order valence-electron chi connectivity index (χ0n) is 8.70. The largest absolute Gasteiger partial charge is 0.398 e. The number of nitro groups is 1. The third-order valence-electron chi connectivity index (χ3n) is 2.32. The molecular weight excluding hydrogens is 242 g/mol. The summed E-state index contributed by atoms with van der Waals surface area (Å²) in [5.41, 5.74) is 6.70. The predicted molar refractivity (Wildman–Crippen MR) is 65.2 cm³/mol. The first-order chi connectivity index (χ1) is 8.08. The number of anilines is 1. The number of nitro benzene ring substituents is 1. The predicted octanol–water partition coefficient (Wildman–Crippen LogP) is 1.45. The highest BCUT2D eigenvalue weighted by atomic mass is 32.1. The molecule has 0 aliphatic rings. The van der Waals surface area contributed by atoms with E-state index >= 15 is 0 Å². The van der Waals surface area contributed by atoms with Gasteiger partial charge in [0.05, 0.1) is 11.5 Å². The molecule has 0 amide bonds. The highest BCUT2D eigenvalue weighted by Crippen LogP contribution is 2.20. The van der Waals surface area contributed by atoms with Gasteiger partial charge in [-0.05, 0) is 6.07 Å². The van der Waals surface area contributed by atoms with Crippen LogP contribution in [0.5, 0.6) is 0 Å². The fourth-order valence-corrected chi connectivity index (χ4v) is 2.02. The van der Waals surface area contributed by atoms with Crippen molar-refractivity contribution in [3.8, 4) is 0 Å². The minimum absolute atomic E-state index is 0.0301. The molecule has 2 rings (SSSR count). The molecule has 0 bridgehead atoms. The van der Waals surface area contributed by atoms with Crippen LogP contribution < -0.4 is 10.6 Å². The van der Waals surface area contributed by atoms with Gasteiger partial charge in [0, 0.05) is 35.0 Å². The Morgan fingerprint density at radius 2 is 2.24 bits per heavy atom. The van der Waals surface area contributed by atoms with Crippen LogP contribution in [-0.4, -0.2) is 9.49 Å². The van der Waals surface area contributed by atoms with Crippen molar-refractivity contribution in [1.29, 1.82) is 0 Å². The van der Waals surface area contributed by atoms with Gasteiger partial charge in [-0.3, -0.25) is 14.9 Å². The van der Waals surface area contributed by atoms with E-state index in [1.165, 1.54) is 22.8 Å². The maximum Gasteiger partial charge on any atom is 0.307 e. The smallest absolute Gasteiger partial charge is 0.307 e. The van der Waals surface area contributed by atoms with E-state index in [1.807, 2.05) is 0 Å². The molecule has 7 heteroatoms. The molecular formula is C10H9N3O3S. The van der Waals surface area contributed by atoms with Crippen molar-refractivity contribution in [3.63, 3.8) is 0 Å². The van der Waals surface area contributed by atoms with E-state index in [0.717, 1.165) is 11.3 Å². The standard InChI is InChI=1S/C10H9N3O3S/c11-9-2-1-8(13(15)16)5-7(9)6-12-3-4-17-10(12)14/h1-5H,6,11H2. The Labute approximate surface area is 100 Å². The number of thiazole rings is 1. The van der Waals surface area contributed by atoms with E-state index < -0.39 is 4.92 Å². The number of nitrogens with two attached hydrogens (primary N) is 1. The molecule has 2 N–H and O–H groups in total. The van der Waals surface area contributed by atoms with Gasteiger partial charge in [-0.25, -0.2) is 0 Å². The zero-order chi connectivity index (χ0) is 12.4. The van der Waals surface area contributed by atoms with Crippen molar-refractivity contribution < 1.29 is 4.92 Å². The second-order valence-corrected chi connectivity index (χ2v) is 4.29. The lowest BCUT2D eigenvalue weighted by Gasteiger charge is -2.05. The van der Waals surface area contributed by atoms with Crippen molar-refractivity contribution in [2.75, 3.05) is 5.73 Å². The number of nitrogens with zero attached hydrogens (tertiary/aromatic N) is 2. The van der Waals surface area contributed by atoms with Crippen molar-refractivity contribution >= 4 is 22.7 Å². The van der Waals surface area contributed by atoms with Gasteiger partial charge in [0.2, 0.25) is 0 Å². The lowest BCUT2D eigenvalue weighted by atomic mass is 10.1. The van der Waals surface area contributed by atoms with Crippen molar-refractivity contribution in [3.05, 3.63) is 55.1 Å². The summed E-state index contributed by atoms with van der Waals surface area (Å²) in [7, 11) is 0. The second kappa shape index (κ2) is 4.38. The molecule has 0 spiro atoms. The highest BCUT2D eigenvalue weighted by molar-refractivity contribution is 7.07. The first kappa shape index (κ1) is 11.3. The number of nitrogen functional groups attached to an aromatic ring is 1. The first-order valence-electron chi connectivity index (χ1n) is 4.74. The molecule has 0 aliphatic heterocycles. The Morgan fingerprint density at radius 1 is 1.47 bits per heavy atom. The summed E-state index contributed by atoms with van der Waals surface area (Å²) in [6.07, 6.45) is 1.63. The number of hydrogen-bond acceptors (Lipinski definition) is 5. The van der Waals surface area contributed by atoms with Crippen LogP contribution in [0.3, 0.4) is 0 Å². The van der Waals surface area contributed by atoms with E-state index in [-0.39, 0.29) is 17.1 Å². The van der Waals surface area contributed by atoms with Gasteiger partial charge in [0.25, 0.3) is 5.69 Å². The maximum absolute atomic E-state index is 11.4. The number of non-ortho nitro benzene ring substituents is 1. The summed E-state index contributed by atoms with van der Waals surface area (Å²) in [4.78, 5) is 21.4. The molecule has 0 saturated carbocycles. The Kier molecular flexibility index (Phi) is 2.92. The summed E-state index contributed by atoms with van der Waals surface area (Å²) in [5.74, 6) is 0. The van der Waals surface area contributed by atoms with Crippen LogP contribution in [0.2, 0.25) is 0 Å². The normalized spacial score (nSPS) is 10.4. The van der Waals surface area contributed by atoms with E-state index in [9.17, 15) is 14.9 Å². The number of benzene rings is 1. The maximum atomic E-state index is 11.4. The van der Waals surface area contributed by atoms with Crippen LogP contribution in [0.15, 0.2) is 34.6 Å². The number of hydrogen-bond donors (Lipinski definition) is 1. The number of rotatable bonds is 3. The van der Waals surface area contributed by atoms with Gasteiger partial charge in [-0.1, -0.05) is 11.3 Å². The Balaban J connectivity index is 2.38. The van der Waals surface area contributed by atoms with E-state index in [2.05, 4.69) is 0 Å². The third kappa shape index (κ3) is 2.34. The van der Waals surface area contributed by atoms with Gasteiger partial charge in [0.15, 0.2) is 0 Å². The molecule has 0 aliphatic carbocycles. The van der Waals surface area contributed by atoms with Gasteiger partial charge >= 0.3 is 4.87 Å². The van der Waals surface area contributed by atoms with Crippen molar-refractivity contribution in [2.45, 2.75) is 6.54 Å². The third-order valence-corrected chi connectivity index (χ3v) is 3.02. The molecule has 17 heavy (non-hydrogen) atoms. The summed E-state index contributed by atoms with van der Waals surface area (Å²) in [6.45, 7) is 0.246. The minimum atomic E-state index is -0.487. The molecule has 0 atom stereocenters. The Bertz CT molecular complexity index is 617. The topological polar surface area (TPSA) is 91.2 Å². The summed E-state index contributed by atoms with van der Waals surface area (Å²) in [5, 5.41) is 12.3. The van der Waals surface area contributed by atoms with Crippen LogP contribution >= 0.6 is 11.3 Å². The molecule has 88 valence electrons. The van der Waals surface area contributed by atoms with Gasteiger partial charge in [0.1, 0.15) is 0 Å². The molecule has 1 aromatic carbocycles. The summed E-state index contributed by atoms with van der Waals surface area (Å²) >= 11 is 1.07. The molecule has 1 heterocycles. The lowest BCUT2D eigenvalue weighted by Crippen LogP contribution is -2.13. The summed E-state index contributed by atoms with van der Waals surface area (Å²) < 4.78 is 1.46. The van der Waals surface area contributed by atoms with Gasteiger partial charge < -0.3 is 10.3 Å². The lowest BCUT2D eigenvalue weighted by molar-refractivity contribution is -0.384. The van der Waals surface area contributed by atoms with Crippen molar-refractivity contribution in [2.24, 2.45) is 0 Å². The molecule has 0 saturated heterocycles. The fraction of sp³-hybridized carbons (Fsp3) is 0.100. The van der Waals surface area contributed by atoms with E-state index in [4.69, 9.17) is 5.73 Å². The fourth-order valence-electron chi connectivity index (χ4n) is 1.43. The molecule has 0 unspecified atom stereocenters. The Morgan fingerprint density at radius 3 is 2.82 bits per heavy atom. The average molecular weight is 251 g/mol. The van der Waals surface area contributed by atoms with Crippen LogP contribution in [0.4, 0.5) is 11.4 Å². The first-order valence-corrected chi connectivity index (χ1v) is 5.62. The average Bonchev–Trinajstić information content (AvgIpc) is 2.67. The molecule has 1 aromatic heterocycles. The van der Waals surface area contributed by atoms with Crippen LogP contribution in [0.25, 0.3) is 0 Å². The molecule has 2 aromatic rings. The van der Waals surface area contributed by atoms with Gasteiger partial charge in [-0.15, -0.1) is 0 Å². The van der Waals surface area contributed by atoms with E-state index in [1.54, 1.807) is 11.6 Å². The van der Waals surface area contributed by atoms with Crippen LogP contribution in [0, 0.1) is 10.1 Å². The van der Waals surface area contributed by atoms with Gasteiger partial charge in [-0.2, -0.15) is 0 Å². The zero-order valence-corrected chi connectivity index (χ0v) is 9.52. The molecule has 0 radical (unpaired) electrons. The number of aromatic nitrogens is 1. The van der Waals surface area contributed by atoms with E-state index in [0.29, 0.717) is 11.3 Å². The van der Waals surface area contributed by atoms with Crippen molar-refractivity contribution in [1.82, 2.24) is 4.57 Å². The SMILES string of the molecule is Nc1ccc([N+](=O)[O-])cc1Cn1ccsc1=O. The monoisotopic (exact) mass is 251 g/mol. The molecule has 6 nitrogen and oxygen atoms in total. The molecule has 0 fully saturated rings. The minimum Gasteiger partial charge on any atom is -0.398 e. The second-order valence-electron chi connectivity index (χ2n) is 3.44.